The van der Waals surface area contributed by atoms with E-state index in [0.717, 1.165) is 25.7 Å². The lowest BCUT2D eigenvalue weighted by molar-refractivity contribution is -0.139. The molecule has 1 aliphatic heterocycles. The highest BCUT2D eigenvalue weighted by Gasteiger charge is 2.38. The molecule has 2 fully saturated rings. The molecule has 0 bridgehead atoms. The summed E-state index contributed by atoms with van der Waals surface area (Å²) in [5.74, 6) is -0.287. The van der Waals surface area contributed by atoms with Crippen LogP contribution in [0, 0.1) is 11.8 Å². The van der Waals surface area contributed by atoms with Crippen LogP contribution >= 0.6 is 12.6 Å². The number of likely N-dealkylation sites (tertiary alicyclic amines) is 1. The van der Waals surface area contributed by atoms with Gasteiger partial charge in [0.25, 0.3) is 0 Å². The van der Waals surface area contributed by atoms with E-state index in [2.05, 4.69) is 12.6 Å². The Hall–Kier alpha value is -1.04. The van der Waals surface area contributed by atoms with E-state index < -0.39 is 5.25 Å². The van der Waals surface area contributed by atoms with Gasteiger partial charge in [-0.2, -0.15) is 12.6 Å². The van der Waals surface area contributed by atoms with Gasteiger partial charge in [-0.05, 0) is 31.6 Å². The van der Waals surface area contributed by atoms with Crippen molar-refractivity contribution in [3.05, 3.63) is 0 Å². The fourth-order valence-electron chi connectivity index (χ4n) is 2.75. The number of hydrogen-bond donors (Lipinski definition) is 2. The summed E-state index contributed by atoms with van der Waals surface area (Å²) in [4.78, 5) is 35.7. The maximum Gasteiger partial charge on any atom is 0.242 e. The van der Waals surface area contributed by atoms with Gasteiger partial charge in [0.1, 0.15) is 0 Å². The monoisotopic (exact) mass is 300 g/mol. The van der Waals surface area contributed by atoms with Gasteiger partial charge in [-0.15, -0.1) is 0 Å². The SMILES string of the molecule is CC.NC(=O)C1CCC(CN2C(=O)CC(S)C2=O)CC1. The molecule has 1 saturated carbocycles. The highest BCUT2D eigenvalue weighted by molar-refractivity contribution is 7.81. The van der Waals surface area contributed by atoms with Crippen LogP contribution in [0.25, 0.3) is 0 Å². The summed E-state index contributed by atoms with van der Waals surface area (Å²) in [6.07, 6.45) is 3.43. The van der Waals surface area contributed by atoms with E-state index in [-0.39, 0.29) is 30.1 Å². The number of carbonyl (C=O) groups is 3. The Labute approximate surface area is 125 Å². The largest absolute Gasteiger partial charge is 0.369 e. The molecule has 5 nitrogen and oxygen atoms in total. The van der Waals surface area contributed by atoms with Crippen LogP contribution < -0.4 is 5.73 Å². The Balaban J connectivity index is 0.000000956. The third-order valence-corrected chi connectivity index (χ3v) is 4.31. The Morgan fingerprint density at radius 3 is 2.20 bits per heavy atom. The Morgan fingerprint density at radius 1 is 1.25 bits per heavy atom. The zero-order valence-corrected chi connectivity index (χ0v) is 13.1. The van der Waals surface area contributed by atoms with E-state index in [1.54, 1.807) is 0 Å². The van der Waals surface area contributed by atoms with Gasteiger partial charge in [0, 0.05) is 18.9 Å². The molecule has 2 rings (SSSR count). The third-order valence-electron chi connectivity index (χ3n) is 3.91. The number of imide groups is 1. The third kappa shape index (κ3) is 3.98. The standard InChI is InChI=1S/C12H18N2O3S.C2H6/c13-11(16)8-3-1-7(2-4-8)6-14-10(15)5-9(18)12(14)17;1-2/h7-9,18H,1-6H2,(H2,13,16);1-2H3. The molecule has 2 N–H and O–H groups in total. The first-order valence-electron chi connectivity index (χ1n) is 7.30. The summed E-state index contributed by atoms with van der Waals surface area (Å²) in [5.41, 5.74) is 5.27. The van der Waals surface area contributed by atoms with Crippen molar-refractivity contribution in [2.75, 3.05) is 6.54 Å². The summed E-state index contributed by atoms with van der Waals surface area (Å²) < 4.78 is 0. The molecular weight excluding hydrogens is 276 g/mol. The van der Waals surface area contributed by atoms with Crippen molar-refractivity contribution in [2.45, 2.75) is 51.2 Å². The van der Waals surface area contributed by atoms with Gasteiger partial charge in [-0.3, -0.25) is 19.3 Å². The van der Waals surface area contributed by atoms with Crippen LogP contribution in [0.3, 0.4) is 0 Å². The van der Waals surface area contributed by atoms with E-state index in [1.807, 2.05) is 13.8 Å². The topological polar surface area (TPSA) is 80.5 Å². The Morgan fingerprint density at radius 2 is 1.80 bits per heavy atom. The maximum atomic E-state index is 11.7. The molecule has 1 atom stereocenters. The number of thiol groups is 1. The van der Waals surface area contributed by atoms with Crippen molar-refractivity contribution in [1.29, 1.82) is 0 Å². The molecule has 3 amide bonds. The molecule has 2 aliphatic rings. The quantitative estimate of drug-likeness (QED) is 0.610. The van der Waals surface area contributed by atoms with Gasteiger partial charge in [0.15, 0.2) is 0 Å². The number of rotatable bonds is 3. The fourth-order valence-corrected chi connectivity index (χ4v) is 3.04. The highest BCUT2D eigenvalue weighted by Crippen LogP contribution is 2.30. The summed E-state index contributed by atoms with van der Waals surface area (Å²) >= 11 is 4.09. The predicted molar refractivity (Wildman–Crippen MR) is 80.1 cm³/mol. The smallest absolute Gasteiger partial charge is 0.242 e. The van der Waals surface area contributed by atoms with Gasteiger partial charge in [0.05, 0.1) is 5.25 Å². The lowest BCUT2D eigenvalue weighted by Gasteiger charge is -2.29. The van der Waals surface area contributed by atoms with Crippen molar-refractivity contribution in [3.63, 3.8) is 0 Å². The van der Waals surface area contributed by atoms with Gasteiger partial charge >= 0.3 is 0 Å². The number of nitrogens with two attached hydrogens (primary N) is 1. The molecule has 20 heavy (non-hydrogen) atoms. The molecule has 0 radical (unpaired) electrons. The minimum Gasteiger partial charge on any atom is -0.369 e. The molecule has 1 heterocycles. The summed E-state index contributed by atoms with van der Waals surface area (Å²) in [5, 5.41) is -0.473. The first-order chi connectivity index (χ1) is 9.49. The lowest BCUT2D eigenvalue weighted by atomic mass is 9.81. The second kappa shape index (κ2) is 7.67. The summed E-state index contributed by atoms with van der Waals surface area (Å²) in [7, 11) is 0. The van der Waals surface area contributed by atoms with Crippen molar-refractivity contribution in [1.82, 2.24) is 4.90 Å². The number of hydrogen-bond acceptors (Lipinski definition) is 4. The minimum absolute atomic E-state index is 0.0381. The average Bonchev–Trinajstić information content (AvgIpc) is 2.68. The van der Waals surface area contributed by atoms with E-state index >= 15 is 0 Å². The van der Waals surface area contributed by atoms with E-state index in [0.29, 0.717) is 12.5 Å². The molecule has 1 aliphatic carbocycles. The molecular formula is C14H24N2O3S. The molecule has 0 spiro atoms. The predicted octanol–water partition coefficient (Wildman–Crippen LogP) is 1.36. The van der Waals surface area contributed by atoms with Crippen LogP contribution in [-0.2, 0) is 14.4 Å². The molecule has 1 saturated heterocycles. The summed E-state index contributed by atoms with van der Waals surface area (Å²) in [6.45, 7) is 4.47. The maximum absolute atomic E-state index is 11.7. The zero-order valence-electron chi connectivity index (χ0n) is 12.2. The molecule has 114 valence electrons. The van der Waals surface area contributed by atoms with Gasteiger partial charge < -0.3 is 5.73 Å². The second-order valence-corrected chi connectivity index (χ2v) is 5.81. The highest BCUT2D eigenvalue weighted by atomic mass is 32.1. The second-order valence-electron chi connectivity index (χ2n) is 5.18. The van der Waals surface area contributed by atoms with E-state index in [1.165, 1.54) is 4.90 Å². The number of primary amides is 1. The average molecular weight is 300 g/mol. The fraction of sp³-hybridized carbons (Fsp3) is 0.786. The molecule has 0 aromatic carbocycles. The van der Waals surface area contributed by atoms with Crippen LogP contribution in [0.5, 0.6) is 0 Å². The van der Waals surface area contributed by atoms with Crippen molar-refractivity contribution >= 4 is 30.4 Å². The Kier molecular flexibility index (Phi) is 6.52. The van der Waals surface area contributed by atoms with Crippen LogP contribution in [0.4, 0.5) is 0 Å². The van der Waals surface area contributed by atoms with Crippen molar-refractivity contribution in [3.8, 4) is 0 Å². The van der Waals surface area contributed by atoms with Gasteiger partial charge in [-0.25, -0.2) is 0 Å². The zero-order chi connectivity index (χ0) is 15.3. The lowest BCUT2D eigenvalue weighted by Crippen LogP contribution is -2.37. The number of carbonyl (C=O) groups excluding carboxylic acids is 3. The number of amides is 3. The van der Waals surface area contributed by atoms with Crippen molar-refractivity contribution in [2.24, 2.45) is 17.6 Å². The van der Waals surface area contributed by atoms with Crippen LogP contribution in [0.1, 0.15) is 46.0 Å². The molecule has 0 aromatic rings. The van der Waals surface area contributed by atoms with Crippen LogP contribution in [0.15, 0.2) is 0 Å². The molecule has 1 unspecified atom stereocenters. The summed E-state index contributed by atoms with van der Waals surface area (Å²) in [6, 6.07) is 0. The first kappa shape index (κ1) is 17.0. The van der Waals surface area contributed by atoms with E-state index in [9.17, 15) is 14.4 Å². The first-order valence-corrected chi connectivity index (χ1v) is 7.82. The molecule has 6 heteroatoms. The normalized spacial score (nSPS) is 29.9. The van der Waals surface area contributed by atoms with Gasteiger partial charge in [0.2, 0.25) is 17.7 Å². The number of nitrogens with zero attached hydrogens (tertiary/aromatic N) is 1. The van der Waals surface area contributed by atoms with Crippen LogP contribution in [0.2, 0.25) is 0 Å². The van der Waals surface area contributed by atoms with Crippen LogP contribution in [-0.4, -0.2) is 34.4 Å². The van der Waals surface area contributed by atoms with Gasteiger partial charge in [-0.1, -0.05) is 13.8 Å². The Bertz CT molecular complexity index is 379. The van der Waals surface area contributed by atoms with E-state index in [4.69, 9.17) is 5.73 Å². The van der Waals surface area contributed by atoms with Crippen molar-refractivity contribution < 1.29 is 14.4 Å². The molecule has 0 aromatic heterocycles. The minimum atomic E-state index is -0.473.